The van der Waals surface area contributed by atoms with E-state index >= 15 is 0 Å². The van der Waals surface area contributed by atoms with Crippen LogP contribution in [0.5, 0.6) is 0 Å². The third-order valence-corrected chi connectivity index (χ3v) is 2.59. The third kappa shape index (κ3) is 3.21. The third-order valence-electron chi connectivity index (χ3n) is 2.11. The minimum atomic E-state index is -4.27. The minimum absolute atomic E-state index is 0.126. The molecule has 0 aromatic heterocycles. The highest BCUT2D eigenvalue weighted by molar-refractivity contribution is 7.46. The van der Waals surface area contributed by atoms with Crippen molar-refractivity contribution in [3.8, 4) is 0 Å². The zero-order chi connectivity index (χ0) is 9.19. The van der Waals surface area contributed by atoms with Crippen LogP contribution in [-0.2, 0) is 9.09 Å². The first-order chi connectivity index (χ1) is 5.49. The second-order valence-electron chi connectivity index (χ2n) is 3.06. The van der Waals surface area contributed by atoms with Gasteiger partial charge in [-0.25, -0.2) is 4.57 Å². The van der Waals surface area contributed by atoms with Gasteiger partial charge in [0.15, 0.2) is 0 Å². The molecule has 5 nitrogen and oxygen atoms in total. The predicted octanol–water partition coefficient (Wildman–Crippen LogP) is 0.190. The Morgan fingerprint density at radius 2 is 2.33 bits per heavy atom. The molecule has 1 atom stereocenters. The molecule has 0 saturated carbocycles. The van der Waals surface area contributed by atoms with Crippen molar-refractivity contribution in [2.24, 2.45) is 0 Å². The number of phosphoric acid groups is 1. The summed E-state index contributed by atoms with van der Waals surface area (Å²) < 4.78 is 14.8. The van der Waals surface area contributed by atoms with Gasteiger partial charge in [0.1, 0.15) is 0 Å². The number of phosphoric ester groups is 1. The van der Waals surface area contributed by atoms with Gasteiger partial charge in [0.2, 0.25) is 0 Å². The Labute approximate surface area is 71.6 Å². The van der Waals surface area contributed by atoms with Crippen LogP contribution in [0, 0.1) is 0 Å². The van der Waals surface area contributed by atoms with Gasteiger partial charge < -0.3 is 14.7 Å². The molecule has 0 spiro atoms. The smallest absolute Gasteiger partial charge is 0.303 e. The van der Waals surface area contributed by atoms with E-state index < -0.39 is 7.82 Å². The fourth-order valence-electron chi connectivity index (χ4n) is 1.37. The van der Waals surface area contributed by atoms with Crippen LogP contribution in [-0.4, -0.2) is 40.9 Å². The number of rotatable bonds is 3. The summed E-state index contributed by atoms with van der Waals surface area (Å²) in [5, 5.41) is 0. The Hall–Kier alpha value is 0.0700. The van der Waals surface area contributed by atoms with Crippen molar-refractivity contribution in [1.29, 1.82) is 0 Å². The maximum atomic E-state index is 10.3. The van der Waals surface area contributed by atoms with Gasteiger partial charge in [0.25, 0.3) is 0 Å². The van der Waals surface area contributed by atoms with Gasteiger partial charge in [-0.15, -0.1) is 0 Å². The first kappa shape index (κ1) is 10.2. The molecule has 1 fully saturated rings. The largest absolute Gasteiger partial charge is 0.469 e. The van der Waals surface area contributed by atoms with E-state index in [1.807, 2.05) is 7.05 Å². The summed E-state index contributed by atoms with van der Waals surface area (Å²) in [6.07, 6.45) is 2.03. The second kappa shape index (κ2) is 3.85. The van der Waals surface area contributed by atoms with Gasteiger partial charge in [-0.3, -0.25) is 4.52 Å². The standard InChI is InChI=1S/C6H14NO4P/c1-7-4-2-3-6(7)5-11-12(8,9)10/h6H,2-5H2,1H3,(H2,8,9,10)/t6-/m1/s1. The van der Waals surface area contributed by atoms with Crippen LogP contribution in [0.25, 0.3) is 0 Å². The normalized spacial score (nSPS) is 26.4. The molecule has 0 unspecified atom stereocenters. The molecule has 1 saturated heterocycles. The molecule has 12 heavy (non-hydrogen) atoms. The van der Waals surface area contributed by atoms with E-state index in [9.17, 15) is 4.57 Å². The fourth-order valence-corrected chi connectivity index (χ4v) is 1.74. The number of hydrogen-bond acceptors (Lipinski definition) is 3. The molecule has 6 heteroatoms. The zero-order valence-electron chi connectivity index (χ0n) is 7.01. The quantitative estimate of drug-likeness (QED) is 0.629. The summed E-state index contributed by atoms with van der Waals surface area (Å²) in [5.41, 5.74) is 0. The molecular weight excluding hydrogens is 181 g/mol. The molecule has 0 aromatic rings. The predicted molar refractivity (Wildman–Crippen MR) is 43.6 cm³/mol. The summed E-state index contributed by atoms with van der Waals surface area (Å²) >= 11 is 0. The highest BCUT2D eigenvalue weighted by Crippen LogP contribution is 2.36. The Morgan fingerprint density at radius 1 is 1.67 bits per heavy atom. The molecular formula is C6H14NO4P. The highest BCUT2D eigenvalue weighted by Gasteiger charge is 2.24. The van der Waals surface area contributed by atoms with Gasteiger partial charge in [-0.2, -0.15) is 0 Å². The molecule has 0 aromatic carbocycles. The van der Waals surface area contributed by atoms with Crippen molar-refractivity contribution in [1.82, 2.24) is 4.90 Å². The van der Waals surface area contributed by atoms with E-state index in [1.54, 1.807) is 0 Å². The van der Waals surface area contributed by atoms with Crippen molar-refractivity contribution >= 4 is 7.82 Å². The van der Waals surface area contributed by atoms with E-state index in [0.29, 0.717) is 0 Å². The molecule has 72 valence electrons. The number of likely N-dealkylation sites (tertiary alicyclic amines) is 1. The second-order valence-corrected chi connectivity index (χ2v) is 4.30. The van der Waals surface area contributed by atoms with E-state index in [2.05, 4.69) is 9.42 Å². The van der Waals surface area contributed by atoms with Crippen LogP contribution >= 0.6 is 7.82 Å². The molecule has 0 radical (unpaired) electrons. The number of likely N-dealkylation sites (N-methyl/N-ethyl adjacent to an activating group) is 1. The lowest BCUT2D eigenvalue weighted by Gasteiger charge is -2.18. The summed E-state index contributed by atoms with van der Waals surface area (Å²) in [5.74, 6) is 0. The van der Waals surface area contributed by atoms with Gasteiger partial charge in [-0.1, -0.05) is 0 Å². The lowest BCUT2D eigenvalue weighted by atomic mass is 10.2. The van der Waals surface area contributed by atoms with Gasteiger partial charge in [0, 0.05) is 6.04 Å². The lowest BCUT2D eigenvalue weighted by Crippen LogP contribution is -2.28. The molecule has 1 aliphatic rings. The van der Waals surface area contributed by atoms with E-state index in [-0.39, 0.29) is 12.6 Å². The minimum Gasteiger partial charge on any atom is -0.303 e. The van der Waals surface area contributed by atoms with E-state index in [0.717, 1.165) is 19.4 Å². The zero-order valence-corrected chi connectivity index (χ0v) is 7.91. The highest BCUT2D eigenvalue weighted by atomic mass is 31.2. The first-order valence-electron chi connectivity index (χ1n) is 3.89. The van der Waals surface area contributed by atoms with Crippen LogP contribution in [0.4, 0.5) is 0 Å². The molecule has 0 aliphatic carbocycles. The SMILES string of the molecule is CN1CCC[C@@H]1COP(=O)(O)O. The van der Waals surface area contributed by atoms with E-state index in [1.165, 1.54) is 0 Å². The van der Waals surface area contributed by atoms with Crippen LogP contribution in [0.3, 0.4) is 0 Å². The van der Waals surface area contributed by atoms with Crippen molar-refractivity contribution < 1.29 is 18.9 Å². The lowest BCUT2D eigenvalue weighted by molar-refractivity contribution is 0.147. The van der Waals surface area contributed by atoms with Gasteiger partial charge >= 0.3 is 7.82 Å². The Balaban J connectivity index is 2.27. The Bertz CT molecular complexity index is 192. The summed E-state index contributed by atoms with van der Waals surface area (Å²) in [6, 6.07) is 0.164. The summed E-state index contributed by atoms with van der Waals surface area (Å²) in [4.78, 5) is 18.9. The van der Waals surface area contributed by atoms with Crippen molar-refractivity contribution in [2.75, 3.05) is 20.2 Å². The summed E-state index contributed by atoms with van der Waals surface area (Å²) in [6.45, 7) is 1.11. The average Bonchev–Trinajstić information content (AvgIpc) is 2.29. The van der Waals surface area contributed by atoms with Crippen LogP contribution in [0.2, 0.25) is 0 Å². The fraction of sp³-hybridized carbons (Fsp3) is 1.00. The van der Waals surface area contributed by atoms with Crippen molar-refractivity contribution in [3.05, 3.63) is 0 Å². The summed E-state index contributed by atoms with van der Waals surface area (Å²) in [7, 11) is -2.34. The Morgan fingerprint density at radius 3 is 2.75 bits per heavy atom. The molecule has 2 N–H and O–H groups in total. The number of hydrogen-bond donors (Lipinski definition) is 2. The Kier molecular flexibility index (Phi) is 3.26. The maximum absolute atomic E-state index is 10.3. The van der Waals surface area contributed by atoms with Crippen LogP contribution in [0.15, 0.2) is 0 Å². The van der Waals surface area contributed by atoms with Crippen LogP contribution < -0.4 is 0 Å². The van der Waals surface area contributed by atoms with Gasteiger partial charge in [0.05, 0.1) is 6.61 Å². The average molecular weight is 195 g/mol. The van der Waals surface area contributed by atoms with Crippen molar-refractivity contribution in [2.45, 2.75) is 18.9 Å². The number of nitrogens with zero attached hydrogens (tertiary/aromatic N) is 1. The first-order valence-corrected chi connectivity index (χ1v) is 5.42. The molecule has 1 aliphatic heterocycles. The topological polar surface area (TPSA) is 70.0 Å². The van der Waals surface area contributed by atoms with Gasteiger partial charge in [-0.05, 0) is 26.4 Å². The molecule has 0 amide bonds. The molecule has 1 heterocycles. The molecule has 1 rings (SSSR count). The maximum Gasteiger partial charge on any atom is 0.469 e. The van der Waals surface area contributed by atoms with E-state index in [4.69, 9.17) is 9.79 Å². The molecule has 0 bridgehead atoms. The van der Waals surface area contributed by atoms with Crippen LogP contribution in [0.1, 0.15) is 12.8 Å². The van der Waals surface area contributed by atoms with Crippen molar-refractivity contribution in [3.63, 3.8) is 0 Å². The monoisotopic (exact) mass is 195 g/mol.